The largest absolute Gasteiger partial charge is 0.324 e. The molecule has 4 nitrogen and oxygen atoms in total. The average molecular weight is 220 g/mol. The third-order valence-electron chi connectivity index (χ3n) is 2.39. The van der Waals surface area contributed by atoms with Crippen molar-refractivity contribution in [3.05, 3.63) is 12.7 Å². The number of sulfonamides is 1. The smallest absolute Gasteiger partial charge is 0.215 e. The van der Waals surface area contributed by atoms with E-state index in [0.717, 1.165) is 12.8 Å². The minimum absolute atomic E-state index is 0.0590. The molecule has 0 radical (unpaired) electrons. The second-order valence-electron chi connectivity index (χ2n) is 3.46. The molecule has 0 aromatic carbocycles. The van der Waals surface area contributed by atoms with Crippen molar-refractivity contribution >= 4 is 10.0 Å². The van der Waals surface area contributed by atoms with Crippen LogP contribution >= 0.6 is 0 Å². The van der Waals surface area contributed by atoms with Crippen molar-refractivity contribution in [2.24, 2.45) is 5.73 Å². The van der Waals surface area contributed by atoms with Crippen molar-refractivity contribution in [2.45, 2.75) is 32.2 Å². The first kappa shape index (κ1) is 13.6. The summed E-state index contributed by atoms with van der Waals surface area (Å²) < 4.78 is 25.0. The lowest BCUT2D eigenvalue weighted by Gasteiger charge is -2.26. The lowest BCUT2D eigenvalue weighted by Crippen LogP contribution is -2.49. The first-order chi connectivity index (χ1) is 6.39. The molecule has 5 heteroatoms. The van der Waals surface area contributed by atoms with Gasteiger partial charge in [0.15, 0.2) is 0 Å². The second-order valence-corrected chi connectivity index (χ2v) is 5.31. The zero-order chi connectivity index (χ0) is 11.2. The summed E-state index contributed by atoms with van der Waals surface area (Å²) in [6.07, 6.45) is 2.86. The number of nitrogens with one attached hydrogen (secondary N) is 1. The van der Waals surface area contributed by atoms with Gasteiger partial charge in [0.05, 0.1) is 5.75 Å². The van der Waals surface area contributed by atoms with Crippen LogP contribution in [0.4, 0.5) is 0 Å². The summed E-state index contributed by atoms with van der Waals surface area (Å²) in [6.45, 7) is 7.57. The normalized spacial score (nSPS) is 12.8. The molecule has 0 rings (SSSR count). The molecular formula is C9H20N2O2S. The van der Waals surface area contributed by atoms with Crippen LogP contribution in [0, 0.1) is 0 Å². The Morgan fingerprint density at radius 3 is 2.29 bits per heavy atom. The monoisotopic (exact) mass is 220 g/mol. The molecule has 14 heavy (non-hydrogen) atoms. The van der Waals surface area contributed by atoms with Crippen molar-refractivity contribution in [2.75, 3.05) is 12.3 Å². The summed E-state index contributed by atoms with van der Waals surface area (Å²) in [4.78, 5) is 0. The zero-order valence-corrected chi connectivity index (χ0v) is 9.73. The van der Waals surface area contributed by atoms with Gasteiger partial charge in [-0.2, -0.15) is 0 Å². The lowest BCUT2D eigenvalue weighted by molar-refractivity contribution is 0.392. The van der Waals surface area contributed by atoms with Crippen LogP contribution < -0.4 is 10.5 Å². The van der Waals surface area contributed by atoms with Gasteiger partial charge < -0.3 is 5.73 Å². The molecule has 0 aliphatic heterocycles. The highest BCUT2D eigenvalue weighted by Gasteiger charge is 2.22. The Hall–Kier alpha value is -0.390. The van der Waals surface area contributed by atoms with Crippen molar-refractivity contribution in [1.82, 2.24) is 4.72 Å². The van der Waals surface area contributed by atoms with E-state index in [0.29, 0.717) is 0 Å². The van der Waals surface area contributed by atoms with Crippen LogP contribution in [0.25, 0.3) is 0 Å². The van der Waals surface area contributed by atoms with Gasteiger partial charge in [-0.3, -0.25) is 0 Å². The Morgan fingerprint density at radius 2 is 1.93 bits per heavy atom. The Bertz CT molecular complexity index is 269. The van der Waals surface area contributed by atoms with E-state index in [2.05, 4.69) is 11.3 Å². The lowest BCUT2D eigenvalue weighted by atomic mass is 9.95. The highest BCUT2D eigenvalue weighted by atomic mass is 32.2. The van der Waals surface area contributed by atoms with E-state index in [-0.39, 0.29) is 12.3 Å². The Morgan fingerprint density at radius 1 is 1.43 bits per heavy atom. The van der Waals surface area contributed by atoms with Crippen LogP contribution in [0.1, 0.15) is 26.7 Å². The quantitative estimate of drug-likeness (QED) is 0.617. The maximum Gasteiger partial charge on any atom is 0.215 e. The molecule has 0 fully saturated rings. The van der Waals surface area contributed by atoms with Crippen LogP contribution in [-0.4, -0.2) is 26.3 Å². The molecule has 0 saturated carbocycles. The number of nitrogens with two attached hydrogens (primary N) is 1. The molecule has 0 heterocycles. The predicted molar refractivity (Wildman–Crippen MR) is 59.5 cm³/mol. The Labute approximate surface area is 86.6 Å². The van der Waals surface area contributed by atoms with Gasteiger partial charge in [-0.15, -0.1) is 6.58 Å². The third-order valence-corrected chi connectivity index (χ3v) is 3.65. The van der Waals surface area contributed by atoms with Gasteiger partial charge >= 0.3 is 0 Å². The van der Waals surface area contributed by atoms with Crippen molar-refractivity contribution in [1.29, 1.82) is 0 Å². The topological polar surface area (TPSA) is 72.2 Å². The summed E-state index contributed by atoms with van der Waals surface area (Å²) in [7, 11) is -3.23. The third kappa shape index (κ3) is 4.74. The maximum absolute atomic E-state index is 11.3. The SMILES string of the molecule is C=CCS(=O)(=O)NCC(N)(CC)CC. The molecule has 0 aliphatic carbocycles. The number of hydrogen-bond donors (Lipinski definition) is 2. The predicted octanol–water partition coefficient (Wildman–Crippen LogP) is 0.609. The summed E-state index contributed by atoms with van der Waals surface area (Å²) in [5, 5.41) is 0. The molecule has 0 bridgehead atoms. The van der Waals surface area contributed by atoms with Gasteiger partial charge in [-0.1, -0.05) is 19.9 Å². The van der Waals surface area contributed by atoms with Crippen molar-refractivity contribution in [3.63, 3.8) is 0 Å². The maximum atomic E-state index is 11.3. The van der Waals surface area contributed by atoms with Crippen LogP contribution in [0.3, 0.4) is 0 Å². The van der Waals surface area contributed by atoms with E-state index in [1.165, 1.54) is 6.08 Å². The molecule has 3 N–H and O–H groups in total. The van der Waals surface area contributed by atoms with Crippen LogP contribution in [0.15, 0.2) is 12.7 Å². The summed E-state index contributed by atoms with van der Waals surface area (Å²) >= 11 is 0. The molecule has 0 spiro atoms. The molecule has 84 valence electrons. The fourth-order valence-corrected chi connectivity index (χ4v) is 1.90. The van der Waals surface area contributed by atoms with Gasteiger partial charge in [0.2, 0.25) is 10.0 Å². The number of rotatable bonds is 7. The van der Waals surface area contributed by atoms with Gasteiger partial charge in [-0.05, 0) is 12.8 Å². The molecule has 0 unspecified atom stereocenters. The van der Waals surface area contributed by atoms with E-state index in [1.54, 1.807) is 0 Å². The fraction of sp³-hybridized carbons (Fsp3) is 0.778. The first-order valence-electron chi connectivity index (χ1n) is 4.76. The standard InChI is InChI=1S/C9H20N2O2S/c1-4-7-14(12,13)11-8-9(10,5-2)6-3/h4,11H,1,5-8,10H2,2-3H3. The summed E-state index contributed by atoms with van der Waals surface area (Å²) in [6, 6.07) is 0. The van der Waals surface area contributed by atoms with E-state index in [1.807, 2.05) is 13.8 Å². The Balaban J connectivity index is 4.23. The average Bonchev–Trinajstić information content (AvgIpc) is 2.14. The van der Waals surface area contributed by atoms with Gasteiger partial charge in [0, 0.05) is 12.1 Å². The zero-order valence-electron chi connectivity index (χ0n) is 8.91. The minimum Gasteiger partial charge on any atom is -0.324 e. The van der Waals surface area contributed by atoms with E-state index in [9.17, 15) is 8.42 Å². The molecule has 0 aromatic heterocycles. The number of hydrogen-bond acceptors (Lipinski definition) is 3. The van der Waals surface area contributed by atoms with Gasteiger partial charge in [-0.25, -0.2) is 13.1 Å². The highest BCUT2D eigenvalue weighted by Crippen LogP contribution is 2.09. The summed E-state index contributed by atoms with van der Waals surface area (Å²) in [5.41, 5.74) is 5.51. The van der Waals surface area contributed by atoms with Gasteiger partial charge in [0.1, 0.15) is 0 Å². The van der Waals surface area contributed by atoms with Crippen molar-refractivity contribution in [3.8, 4) is 0 Å². The second kappa shape index (κ2) is 5.48. The molecule has 0 atom stereocenters. The minimum atomic E-state index is -3.23. The molecule has 0 saturated heterocycles. The first-order valence-corrected chi connectivity index (χ1v) is 6.41. The van der Waals surface area contributed by atoms with Gasteiger partial charge in [0.25, 0.3) is 0 Å². The summed E-state index contributed by atoms with van der Waals surface area (Å²) in [5.74, 6) is -0.0590. The molecule has 0 aromatic rings. The molecular weight excluding hydrogens is 200 g/mol. The van der Waals surface area contributed by atoms with E-state index in [4.69, 9.17) is 5.73 Å². The van der Waals surface area contributed by atoms with E-state index >= 15 is 0 Å². The highest BCUT2D eigenvalue weighted by molar-refractivity contribution is 7.89. The fourth-order valence-electron chi connectivity index (χ4n) is 0.968. The van der Waals surface area contributed by atoms with E-state index < -0.39 is 15.6 Å². The van der Waals surface area contributed by atoms with Crippen LogP contribution in [0.5, 0.6) is 0 Å². The van der Waals surface area contributed by atoms with Crippen molar-refractivity contribution < 1.29 is 8.42 Å². The van der Waals surface area contributed by atoms with Crippen LogP contribution in [0.2, 0.25) is 0 Å². The molecule has 0 aliphatic rings. The van der Waals surface area contributed by atoms with Crippen LogP contribution in [-0.2, 0) is 10.0 Å². The molecule has 0 amide bonds. The Kier molecular flexibility index (Phi) is 5.33.